The van der Waals surface area contributed by atoms with Crippen LogP contribution in [0.15, 0.2) is 47.6 Å². The van der Waals surface area contributed by atoms with E-state index in [0.29, 0.717) is 43.9 Å². The van der Waals surface area contributed by atoms with Crippen molar-refractivity contribution in [3.8, 4) is 0 Å². The number of hydrogen-bond donors (Lipinski definition) is 1. The highest BCUT2D eigenvalue weighted by Crippen LogP contribution is 2.39. The SMILES string of the molecule is C[C@H]1CN(C(=O)OC(C)(C)C)C[C@H](CCc2c(F)cccc2NC(=O)[C@@H](N=[N+]=[N-])[C@@H](c2ccc(Cl)cc2)C2CCOCC2)N1S(=O)(=O)C1CC1. The number of halogens is 2. The molecule has 2 saturated heterocycles. The quantitative estimate of drug-likeness (QED) is 0.149. The fourth-order valence-electron chi connectivity index (χ4n) is 7.12. The molecule has 3 aliphatic rings. The molecular weight excluding hydrogens is 687 g/mol. The second-order valence-electron chi connectivity index (χ2n) is 14.4. The summed E-state index contributed by atoms with van der Waals surface area (Å²) in [7, 11) is -3.65. The summed E-state index contributed by atoms with van der Waals surface area (Å²) in [6, 6.07) is 9.07. The van der Waals surface area contributed by atoms with E-state index in [1.54, 1.807) is 45.9 Å². The van der Waals surface area contributed by atoms with Crippen LogP contribution in [0.5, 0.6) is 0 Å². The first-order valence-electron chi connectivity index (χ1n) is 17.2. The number of azide groups is 1. The van der Waals surface area contributed by atoms with Gasteiger partial charge in [-0.15, -0.1) is 0 Å². The zero-order valence-electron chi connectivity index (χ0n) is 28.9. The first kappa shape index (κ1) is 37.8. The van der Waals surface area contributed by atoms with Crippen molar-refractivity contribution in [1.29, 1.82) is 0 Å². The Morgan fingerprint density at radius 2 is 1.80 bits per heavy atom. The first-order valence-corrected chi connectivity index (χ1v) is 19.0. The maximum absolute atomic E-state index is 15.6. The van der Waals surface area contributed by atoms with Gasteiger partial charge in [0.25, 0.3) is 0 Å². The number of nitrogens with one attached hydrogen (secondary N) is 1. The topological polar surface area (TPSA) is 154 Å². The number of benzene rings is 2. The molecule has 2 aliphatic heterocycles. The summed E-state index contributed by atoms with van der Waals surface area (Å²) < 4.78 is 55.6. The van der Waals surface area contributed by atoms with Gasteiger partial charge in [-0.2, -0.15) is 4.31 Å². The van der Waals surface area contributed by atoms with Gasteiger partial charge in [-0.3, -0.25) is 4.79 Å². The number of carbonyl (C=O) groups is 2. The molecular formula is C35H46ClFN6O6S. The molecule has 3 fully saturated rings. The van der Waals surface area contributed by atoms with Crippen LogP contribution in [0.2, 0.25) is 5.02 Å². The molecule has 0 radical (unpaired) electrons. The predicted molar refractivity (Wildman–Crippen MR) is 189 cm³/mol. The Balaban J connectivity index is 1.41. The summed E-state index contributed by atoms with van der Waals surface area (Å²) in [6.07, 6.45) is 2.16. The van der Waals surface area contributed by atoms with Gasteiger partial charge >= 0.3 is 6.09 Å². The molecule has 0 unspecified atom stereocenters. The van der Waals surface area contributed by atoms with Crippen molar-refractivity contribution in [3.05, 3.63) is 74.9 Å². The number of sulfonamides is 1. The van der Waals surface area contributed by atoms with E-state index in [1.165, 1.54) is 21.3 Å². The van der Waals surface area contributed by atoms with Crippen molar-refractivity contribution in [3.63, 3.8) is 0 Å². The van der Waals surface area contributed by atoms with Crippen LogP contribution in [-0.2, 0) is 30.7 Å². The average molecular weight is 733 g/mol. The van der Waals surface area contributed by atoms with Gasteiger partial charge in [0.05, 0.1) is 5.25 Å². The lowest BCUT2D eigenvalue weighted by atomic mass is 9.76. The molecule has 2 heterocycles. The molecule has 15 heteroatoms. The van der Waals surface area contributed by atoms with Crippen molar-refractivity contribution in [2.45, 2.75) is 101 Å². The minimum Gasteiger partial charge on any atom is -0.444 e. The summed E-state index contributed by atoms with van der Waals surface area (Å²) >= 11 is 6.16. The monoisotopic (exact) mass is 732 g/mol. The number of ether oxygens (including phenoxy) is 2. The number of amides is 2. The minimum atomic E-state index is -3.65. The maximum Gasteiger partial charge on any atom is 0.410 e. The van der Waals surface area contributed by atoms with Crippen molar-refractivity contribution >= 4 is 39.3 Å². The van der Waals surface area contributed by atoms with Gasteiger partial charge in [0.15, 0.2) is 0 Å². The average Bonchev–Trinajstić information content (AvgIpc) is 3.91. The van der Waals surface area contributed by atoms with Crippen LogP contribution in [0.1, 0.15) is 76.8 Å². The third-order valence-corrected chi connectivity index (χ3v) is 12.3. The lowest BCUT2D eigenvalue weighted by Crippen LogP contribution is -2.61. The van der Waals surface area contributed by atoms with Crippen LogP contribution in [0.4, 0.5) is 14.9 Å². The molecule has 12 nitrogen and oxygen atoms in total. The Labute approximate surface area is 298 Å². The molecule has 0 spiro atoms. The number of nitrogens with zero attached hydrogens (tertiary/aromatic N) is 5. The van der Waals surface area contributed by atoms with Gasteiger partial charge in [0.2, 0.25) is 15.9 Å². The van der Waals surface area contributed by atoms with Crippen molar-refractivity contribution < 1.29 is 31.9 Å². The lowest BCUT2D eigenvalue weighted by molar-refractivity contribution is -0.118. The van der Waals surface area contributed by atoms with E-state index < -0.39 is 62.7 Å². The fraction of sp³-hybridized carbons (Fsp3) is 0.600. The highest BCUT2D eigenvalue weighted by molar-refractivity contribution is 7.90. The Kier molecular flexibility index (Phi) is 12.0. The molecule has 1 N–H and O–H groups in total. The number of rotatable bonds is 11. The van der Waals surface area contributed by atoms with E-state index in [4.69, 9.17) is 21.1 Å². The molecule has 5 rings (SSSR count). The maximum atomic E-state index is 15.6. The van der Waals surface area contributed by atoms with Crippen molar-refractivity contribution in [2.24, 2.45) is 11.0 Å². The fourth-order valence-corrected chi connectivity index (χ4v) is 9.48. The van der Waals surface area contributed by atoms with Crippen LogP contribution in [-0.4, -0.2) is 84.9 Å². The molecule has 1 saturated carbocycles. The summed E-state index contributed by atoms with van der Waals surface area (Å²) in [5, 5.41) is 6.86. The summed E-state index contributed by atoms with van der Waals surface area (Å²) in [6.45, 7) is 8.32. The van der Waals surface area contributed by atoms with Gasteiger partial charge in [0.1, 0.15) is 17.5 Å². The first-order chi connectivity index (χ1) is 23.7. The van der Waals surface area contributed by atoms with Gasteiger partial charge in [-0.1, -0.05) is 34.9 Å². The molecule has 0 aromatic heterocycles. The Bertz CT molecular complexity index is 1690. The molecule has 2 aromatic carbocycles. The molecule has 2 amide bonds. The van der Waals surface area contributed by atoms with Gasteiger partial charge < -0.3 is 19.7 Å². The second-order valence-corrected chi connectivity index (χ2v) is 17.0. The molecule has 1 aliphatic carbocycles. The highest BCUT2D eigenvalue weighted by Gasteiger charge is 2.48. The van der Waals surface area contributed by atoms with Crippen molar-refractivity contribution in [1.82, 2.24) is 9.21 Å². The van der Waals surface area contributed by atoms with Crippen LogP contribution >= 0.6 is 11.6 Å². The standard InChI is InChI=1S/C35H46ClFN6O6S/c1-22-20-42(34(45)49-35(2,3)4)21-26(43(22)50(46,47)27-13-14-27)12-15-28-29(37)6-5-7-30(28)39-33(44)32(40-41-38)31(24-16-18-48-19-17-24)23-8-10-25(36)11-9-23/h5-11,22,24,26-27,31-32H,12-21H2,1-4H3,(H,39,44)/t22-,26-,31-,32-/m0/s1. The van der Waals surface area contributed by atoms with Crippen LogP contribution in [0.3, 0.4) is 0 Å². The van der Waals surface area contributed by atoms with Gasteiger partial charge in [0, 0.05) is 65.5 Å². The van der Waals surface area contributed by atoms with Crippen LogP contribution in [0, 0.1) is 11.7 Å². The number of hydrogen-bond acceptors (Lipinski definition) is 7. The van der Waals surface area contributed by atoms with Crippen LogP contribution < -0.4 is 5.32 Å². The van der Waals surface area contributed by atoms with Gasteiger partial charge in [-0.05, 0) is 107 Å². The minimum absolute atomic E-state index is 0.0289. The van der Waals surface area contributed by atoms with Gasteiger partial charge in [-0.25, -0.2) is 17.6 Å². The molecule has 4 atom stereocenters. The van der Waals surface area contributed by atoms with Crippen molar-refractivity contribution in [2.75, 3.05) is 31.6 Å². The normalized spacial score (nSPS) is 21.9. The largest absolute Gasteiger partial charge is 0.444 e. The summed E-state index contributed by atoms with van der Waals surface area (Å²) in [5.74, 6) is -1.70. The van der Waals surface area contributed by atoms with E-state index in [2.05, 4.69) is 15.3 Å². The Morgan fingerprint density at radius 3 is 2.42 bits per heavy atom. The molecule has 2 aromatic rings. The zero-order valence-corrected chi connectivity index (χ0v) is 30.5. The third kappa shape index (κ3) is 9.08. The third-order valence-electron chi connectivity index (χ3n) is 9.52. The molecule has 0 bridgehead atoms. The van der Waals surface area contributed by atoms with Crippen LogP contribution in [0.25, 0.3) is 10.4 Å². The molecule has 272 valence electrons. The van der Waals surface area contributed by atoms with E-state index in [0.717, 1.165) is 5.56 Å². The zero-order chi connectivity index (χ0) is 36.2. The molecule has 50 heavy (non-hydrogen) atoms. The number of anilines is 1. The lowest BCUT2D eigenvalue weighted by Gasteiger charge is -2.45. The number of piperazine rings is 1. The van der Waals surface area contributed by atoms with E-state index in [-0.39, 0.29) is 43.1 Å². The predicted octanol–water partition coefficient (Wildman–Crippen LogP) is 7.04. The second kappa shape index (κ2) is 15.9. The summed E-state index contributed by atoms with van der Waals surface area (Å²) in [4.78, 5) is 31.7. The smallest absolute Gasteiger partial charge is 0.410 e. The summed E-state index contributed by atoms with van der Waals surface area (Å²) in [5.41, 5.74) is 10.00. The number of carbonyl (C=O) groups excluding carboxylic acids is 2. The van der Waals surface area contributed by atoms with E-state index in [9.17, 15) is 23.5 Å². The Morgan fingerprint density at radius 1 is 1.12 bits per heavy atom. The van der Waals surface area contributed by atoms with E-state index in [1.807, 2.05) is 12.1 Å². The highest BCUT2D eigenvalue weighted by atomic mass is 35.5. The van der Waals surface area contributed by atoms with E-state index >= 15 is 4.39 Å². The Hall–Kier alpha value is -3.42.